The van der Waals surface area contributed by atoms with Crippen LogP contribution in [0.5, 0.6) is 0 Å². The van der Waals surface area contributed by atoms with Gasteiger partial charge in [0.25, 0.3) is 5.91 Å². The molecule has 0 aliphatic carbocycles. The molecule has 0 saturated heterocycles. The first kappa shape index (κ1) is 16.6. The van der Waals surface area contributed by atoms with Crippen molar-refractivity contribution < 1.29 is 18.4 Å². The summed E-state index contributed by atoms with van der Waals surface area (Å²) < 4.78 is 27.2. The third-order valence-electron chi connectivity index (χ3n) is 2.16. The zero-order chi connectivity index (χ0) is 15.5. The van der Waals surface area contributed by atoms with Gasteiger partial charge >= 0.3 is 0 Å². The summed E-state index contributed by atoms with van der Waals surface area (Å²) in [7, 11) is 0. The predicted molar refractivity (Wildman–Crippen MR) is 74.3 cm³/mol. The van der Waals surface area contributed by atoms with Crippen molar-refractivity contribution in [1.29, 1.82) is 0 Å². The Hall–Kier alpha value is -1.50. The fraction of sp³-hybridized carbons (Fsp3) is 0.385. The second kappa shape index (κ2) is 6.30. The fourth-order valence-corrected chi connectivity index (χ4v) is 1.87. The van der Waals surface area contributed by atoms with Crippen molar-refractivity contribution in [3.8, 4) is 0 Å². The minimum Gasteiger partial charge on any atom is -0.350 e. The summed E-state index contributed by atoms with van der Waals surface area (Å²) in [5, 5.41) is 4.79. The summed E-state index contributed by atoms with van der Waals surface area (Å²) in [5.41, 5.74) is -1.16. The molecule has 1 rings (SSSR count). The monoisotopic (exact) mass is 348 g/mol. The van der Waals surface area contributed by atoms with Crippen LogP contribution in [0.15, 0.2) is 16.6 Å². The molecule has 1 aromatic rings. The average molecular weight is 349 g/mol. The smallest absolute Gasteiger partial charge is 0.257 e. The minimum absolute atomic E-state index is 0.189. The molecule has 0 radical (unpaired) electrons. The van der Waals surface area contributed by atoms with Gasteiger partial charge < -0.3 is 10.6 Å². The first-order chi connectivity index (χ1) is 9.10. The van der Waals surface area contributed by atoms with E-state index in [1.807, 2.05) is 0 Å². The van der Waals surface area contributed by atoms with E-state index in [2.05, 4.69) is 26.6 Å². The molecule has 0 aliphatic rings. The predicted octanol–water partition coefficient (Wildman–Crippen LogP) is 2.37. The lowest BCUT2D eigenvalue weighted by atomic mass is 10.1. The molecule has 1 aromatic carbocycles. The van der Waals surface area contributed by atoms with E-state index in [4.69, 9.17) is 0 Å². The van der Waals surface area contributed by atoms with E-state index in [0.29, 0.717) is 0 Å². The number of rotatable bonds is 3. The number of carbonyl (C=O) groups excluding carboxylic acids is 2. The lowest BCUT2D eigenvalue weighted by Crippen LogP contribution is -2.46. The molecule has 110 valence electrons. The van der Waals surface area contributed by atoms with Crippen molar-refractivity contribution >= 4 is 27.7 Å². The number of nitrogens with one attached hydrogen (secondary N) is 2. The highest BCUT2D eigenvalue weighted by Gasteiger charge is 2.20. The van der Waals surface area contributed by atoms with Gasteiger partial charge in [-0.1, -0.05) is 15.9 Å². The Kier molecular flexibility index (Phi) is 5.21. The second-order valence-corrected chi connectivity index (χ2v) is 6.14. The topological polar surface area (TPSA) is 58.2 Å². The lowest BCUT2D eigenvalue weighted by Gasteiger charge is -2.20. The third kappa shape index (κ3) is 4.88. The van der Waals surface area contributed by atoms with E-state index in [-0.39, 0.29) is 11.0 Å². The summed E-state index contributed by atoms with van der Waals surface area (Å²) in [6.45, 7) is 4.98. The molecule has 7 heteroatoms. The molecule has 0 heterocycles. The van der Waals surface area contributed by atoms with Crippen LogP contribution in [-0.4, -0.2) is 23.9 Å². The summed E-state index contributed by atoms with van der Waals surface area (Å²) in [6, 6.07) is 1.96. The van der Waals surface area contributed by atoms with Crippen LogP contribution in [0.3, 0.4) is 0 Å². The van der Waals surface area contributed by atoms with Gasteiger partial charge in [0.05, 0.1) is 6.54 Å². The van der Waals surface area contributed by atoms with Crippen molar-refractivity contribution in [3.05, 3.63) is 33.8 Å². The van der Waals surface area contributed by atoms with Crippen LogP contribution in [0.1, 0.15) is 31.1 Å². The molecule has 0 saturated carbocycles. The molecule has 0 atom stereocenters. The van der Waals surface area contributed by atoms with Gasteiger partial charge in [0.2, 0.25) is 5.91 Å². The van der Waals surface area contributed by atoms with Crippen molar-refractivity contribution in [2.45, 2.75) is 26.3 Å². The highest BCUT2D eigenvalue weighted by atomic mass is 79.9. The lowest BCUT2D eigenvalue weighted by molar-refractivity contribution is -0.121. The molecule has 4 nitrogen and oxygen atoms in total. The van der Waals surface area contributed by atoms with Gasteiger partial charge in [0, 0.05) is 10.0 Å². The van der Waals surface area contributed by atoms with Gasteiger partial charge in [0.1, 0.15) is 17.2 Å². The molecule has 0 fully saturated rings. The SMILES string of the molecule is CC(C)(C)NC(=O)CNC(=O)c1c(F)cc(Br)cc1F. The Morgan fingerprint density at radius 2 is 1.70 bits per heavy atom. The highest BCUT2D eigenvalue weighted by Crippen LogP contribution is 2.19. The third-order valence-corrected chi connectivity index (χ3v) is 2.62. The molecule has 0 spiro atoms. The Labute approximate surface area is 124 Å². The standard InChI is InChI=1S/C13H15BrF2N2O2/c1-13(2,3)18-10(19)6-17-12(20)11-8(15)4-7(14)5-9(11)16/h4-5H,6H2,1-3H3,(H,17,20)(H,18,19). The van der Waals surface area contributed by atoms with Gasteiger partial charge in [-0.05, 0) is 32.9 Å². The normalized spacial score (nSPS) is 11.1. The molecule has 0 aromatic heterocycles. The number of carbonyl (C=O) groups is 2. The van der Waals surface area contributed by atoms with Crippen LogP contribution in [-0.2, 0) is 4.79 Å². The van der Waals surface area contributed by atoms with E-state index in [1.54, 1.807) is 20.8 Å². The van der Waals surface area contributed by atoms with E-state index >= 15 is 0 Å². The largest absolute Gasteiger partial charge is 0.350 e. The van der Waals surface area contributed by atoms with Crippen molar-refractivity contribution in [2.75, 3.05) is 6.54 Å². The van der Waals surface area contributed by atoms with E-state index in [0.717, 1.165) is 12.1 Å². The quantitative estimate of drug-likeness (QED) is 0.880. The number of halogens is 3. The zero-order valence-corrected chi connectivity index (χ0v) is 12.9. The Morgan fingerprint density at radius 1 is 1.20 bits per heavy atom. The van der Waals surface area contributed by atoms with E-state index in [9.17, 15) is 18.4 Å². The molecule has 0 unspecified atom stereocenters. The summed E-state index contributed by atoms with van der Waals surface area (Å²) >= 11 is 2.92. The van der Waals surface area contributed by atoms with Gasteiger partial charge in [-0.3, -0.25) is 9.59 Å². The van der Waals surface area contributed by atoms with Crippen LogP contribution in [0, 0.1) is 11.6 Å². The second-order valence-electron chi connectivity index (χ2n) is 5.23. The maximum Gasteiger partial charge on any atom is 0.257 e. The maximum atomic E-state index is 13.5. The van der Waals surface area contributed by atoms with Crippen LogP contribution in [0.4, 0.5) is 8.78 Å². The van der Waals surface area contributed by atoms with Crippen LogP contribution in [0.25, 0.3) is 0 Å². The van der Waals surface area contributed by atoms with Gasteiger partial charge in [-0.25, -0.2) is 8.78 Å². The van der Waals surface area contributed by atoms with Crippen molar-refractivity contribution in [3.63, 3.8) is 0 Å². The average Bonchev–Trinajstić information content (AvgIpc) is 2.22. The van der Waals surface area contributed by atoms with Gasteiger partial charge in [-0.15, -0.1) is 0 Å². The number of benzene rings is 1. The molecule has 0 aliphatic heterocycles. The zero-order valence-electron chi connectivity index (χ0n) is 11.3. The minimum atomic E-state index is -0.995. The van der Waals surface area contributed by atoms with Crippen molar-refractivity contribution in [2.24, 2.45) is 0 Å². The van der Waals surface area contributed by atoms with Gasteiger partial charge in [0.15, 0.2) is 0 Å². The number of amides is 2. The molecule has 2 amide bonds. The Balaban J connectivity index is 2.71. The highest BCUT2D eigenvalue weighted by molar-refractivity contribution is 9.10. The summed E-state index contributed by atoms with van der Waals surface area (Å²) in [6.07, 6.45) is 0. The first-order valence-corrected chi connectivity index (χ1v) is 6.63. The maximum absolute atomic E-state index is 13.5. The first-order valence-electron chi connectivity index (χ1n) is 5.84. The van der Waals surface area contributed by atoms with E-state index in [1.165, 1.54) is 0 Å². The molecule has 0 bridgehead atoms. The van der Waals surface area contributed by atoms with Crippen LogP contribution in [0.2, 0.25) is 0 Å². The molecular weight excluding hydrogens is 334 g/mol. The molecule has 20 heavy (non-hydrogen) atoms. The Bertz CT molecular complexity index is 519. The number of hydrogen-bond acceptors (Lipinski definition) is 2. The summed E-state index contributed by atoms with van der Waals surface area (Å²) in [5.74, 6) is -3.41. The number of hydrogen-bond donors (Lipinski definition) is 2. The van der Waals surface area contributed by atoms with E-state index < -0.39 is 34.6 Å². The molecule has 2 N–H and O–H groups in total. The van der Waals surface area contributed by atoms with Crippen molar-refractivity contribution in [1.82, 2.24) is 10.6 Å². The fourth-order valence-electron chi connectivity index (χ4n) is 1.47. The van der Waals surface area contributed by atoms with Crippen LogP contribution < -0.4 is 10.6 Å². The van der Waals surface area contributed by atoms with Crippen LogP contribution >= 0.6 is 15.9 Å². The summed E-state index contributed by atoms with van der Waals surface area (Å²) in [4.78, 5) is 23.2. The molecular formula is C13H15BrF2N2O2. The van der Waals surface area contributed by atoms with Gasteiger partial charge in [-0.2, -0.15) is 0 Å². The Morgan fingerprint density at radius 3 is 2.15 bits per heavy atom.